The minimum Gasteiger partial charge on any atom is -0.456 e. The number of aromatic amines is 1. The SMILES string of the molecule is CCNC(=O)c1cc2c(-c3cc(S(C)(=O)=O)ccc3Oc3c(C)cccc3Cn3cccn3)cn(C)c(=O)c2[nH]1. The Labute approximate surface area is 231 Å². The number of sulfone groups is 1. The van der Waals surface area contributed by atoms with Crippen LogP contribution < -0.4 is 15.6 Å². The average Bonchev–Trinajstić information content (AvgIpc) is 3.59. The van der Waals surface area contributed by atoms with Crippen LogP contribution in [0.25, 0.3) is 22.0 Å². The highest BCUT2D eigenvalue weighted by molar-refractivity contribution is 7.90. The van der Waals surface area contributed by atoms with Crippen LogP contribution in [0.15, 0.2) is 76.8 Å². The topological polar surface area (TPSA) is 128 Å². The second-order valence-electron chi connectivity index (χ2n) is 9.59. The van der Waals surface area contributed by atoms with Gasteiger partial charge < -0.3 is 19.6 Å². The van der Waals surface area contributed by atoms with Gasteiger partial charge in [-0.3, -0.25) is 14.3 Å². The van der Waals surface area contributed by atoms with Gasteiger partial charge in [0.2, 0.25) is 0 Å². The van der Waals surface area contributed by atoms with Crippen molar-refractivity contribution in [1.82, 2.24) is 24.6 Å². The van der Waals surface area contributed by atoms with Gasteiger partial charge in [0.15, 0.2) is 9.84 Å². The quantitative estimate of drug-likeness (QED) is 0.295. The number of H-pyrrole nitrogens is 1. The lowest BCUT2D eigenvalue weighted by Gasteiger charge is -2.18. The molecule has 0 aliphatic heterocycles. The number of hydrogen-bond acceptors (Lipinski definition) is 6. The van der Waals surface area contributed by atoms with Crippen LogP contribution in [0.4, 0.5) is 0 Å². The summed E-state index contributed by atoms with van der Waals surface area (Å²) in [4.78, 5) is 28.6. The lowest BCUT2D eigenvalue weighted by atomic mass is 10.0. The number of ether oxygens (including phenoxy) is 1. The molecule has 3 aromatic heterocycles. The van der Waals surface area contributed by atoms with Crippen LogP contribution in [0.1, 0.15) is 28.5 Å². The zero-order valence-electron chi connectivity index (χ0n) is 22.6. The minimum absolute atomic E-state index is 0.0953. The van der Waals surface area contributed by atoms with E-state index in [1.165, 1.54) is 16.7 Å². The standard InChI is InChI=1S/C29H29N5O5S/c1-5-30-28(35)24-15-22-23(17-33(3)29(36)26(22)32-24)21-14-20(40(4,37)38)10-11-25(21)39-27-18(2)8-6-9-19(27)16-34-13-7-12-31-34/h6-15,17,32H,5,16H2,1-4H3,(H,30,35). The highest BCUT2D eigenvalue weighted by atomic mass is 32.2. The van der Waals surface area contributed by atoms with Gasteiger partial charge in [0, 0.05) is 60.5 Å². The molecule has 0 fully saturated rings. The normalized spacial score (nSPS) is 11.6. The highest BCUT2D eigenvalue weighted by Crippen LogP contribution is 2.40. The first-order chi connectivity index (χ1) is 19.1. The molecule has 0 saturated heterocycles. The molecular weight excluding hydrogens is 530 g/mol. The molecule has 1 amide bonds. The van der Waals surface area contributed by atoms with E-state index in [2.05, 4.69) is 15.4 Å². The molecule has 11 heteroatoms. The third kappa shape index (κ3) is 5.15. The Morgan fingerprint density at radius 2 is 1.93 bits per heavy atom. The summed E-state index contributed by atoms with van der Waals surface area (Å²) < 4.78 is 34.8. The first-order valence-corrected chi connectivity index (χ1v) is 14.5. The molecule has 5 aromatic rings. The molecule has 0 unspecified atom stereocenters. The molecule has 2 aromatic carbocycles. The molecule has 5 rings (SSSR count). The zero-order chi connectivity index (χ0) is 28.6. The first-order valence-electron chi connectivity index (χ1n) is 12.7. The van der Waals surface area contributed by atoms with E-state index in [1.54, 1.807) is 43.2 Å². The molecule has 10 nitrogen and oxygen atoms in total. The molecule has 2 N–H and O–H groups in total. The maximum Gasteiger partial charge on any atom is 0.274 e. The molecule has 0 saturated carbocycles. The molecule has 40 heavy (non-hydrogen) atoms. The summed E-state index contributed by atoms with van der Waals surface area (Å²) >= 11 is 0. The monoisotopic (exact) mass is 559 g/mol. The van der Waals surface area contributed by atoms with E-state index in [4.69, 9.17) is 4.74 Å². The molecule has 0 bridgehead atoms. The van der Waals surface area contributed by atoms with Crippen LogP contribution in [-0.2, 0) is 23.4 Å². The highest BCUT2D eigenvalue weighted by Gasteiger charge is 2.21. The van der Waals surface area contributed by atoms with Crippen molar-refractivity contribution in [2.75, 3.05) is 12.8 Å². The Hall–Kier alpha value is -4.64. The summed E-state index contributed by atoms with van der Waals surface area (Å²) in [6, 6.07) is 13.9. The van der Waals surface area contributed by atoms with Crippen molar-refractivity contribution in [3.05, 3.63) is 94.3 Å². The van der Waals surface area contributed by atoms with Gasteiger partial charge in [0.25, 0.3) is 11.5 Å². The number of carbonyl (C=O) groups is 1. The Kier molecular flexibility index (Phi) is 7.07. The molecule has 0 spiro atoms. The number of rotatable bonds is 8. The summed E-state index contributed by atoms with van der Waals surface area (Å²) in [6.45, 7) is 4.63. The van der Waals surface area contributed by atoms with Gasteiger partial charge in [-0.05, 0) is 49.7 Å². The van der Waals surface area contributed by atoms with Crippen molar-refractivity contribution in [2.24, 2.45) is 7.05 Å². The smallest absolute Gasteiger partial charge is 0.274 e. The molecule has 0 atom stereocenters. The minimum atomic E-state index is -3.57. The van der Waals surface area contributed by atoms with Crippen molar-refractivity contribution in [2.45, 2.75) is 25.3 Å². The summed E-state index contributed by atoms with van der Waals surface area (Å²) in [7, 11) is -1.97. The summed E-state index contributed by atoms with van der Waals surface area (Å²) in [5.74, 6) is 0.657. The largest absolute Gasteiger partial charge is 0.456 e. The van der Waals surface area contributed by atoms with Crippen molar-refractivity contribution < 1.29 is 17.9 Å². The number of aryl methyl sites for hydroxylation is 2. The van der Waals surface area contributed by atoms with E-state index in [1.807, 2.05) is 37.4 Å². The molecule has 0 radical (unpaired) electrons. The summed E-state index contributed by atoms with van der Waals surface area (Å²) in [5.41, 5.74) is 2.89. The predicted molar refractivity (Wildman–Crippen MR) is 153 cm³/mol. The number of para-hydroxylation sites is 1. The van der Waals surface area contributed by atoms with E-state index in [-0.39, 0.29) is 27.6 Å². The molecule has 0 aliphatic carbocycles. The summed E-state index contributed by atoms with van der Waals surface area (Å²) in [6.07, 6.45) is 6.32. The fraction of sp³-hybridized carbons (Fsp3) is 0.207. The van der Waals surface area contributed by atoms with Crippen molar-refractivity contribution in [3.8, 4) is 22.6 Å². The van der Waals surface area contributed by atoms with Gasteiger partial charge in [-0.2, -0.15) is 5.10 Å². The zero-order valence-corrected chi connectivity index (χ0v) is 23.4. The number of nitrogens with zero attached hydrogens (tertiary/aromatic N) is 3. The van der Waals surface area contributed by atoms with E-state index >= 15 is 0 Å². The maximum atomic E-state index is 13.0. The van der Waals surface area contributed by atoms with Crippen molar-refractivity contribution in [1.29, 1.82) is 0 Å². The number of fused-ring (bicyclic) bond motifs is 1. The van der Waals surface area contributed by atoms with E-state index in [0.717, 1.165) is 17.4 Å². The van der Waals surface area contributed by atoms with Crippen LogP contribution in [0.2, 0.25) is 0 Å². The fourth-order valence-electron chi connectivity index (χ4n) is 4.63. The van der Waals surface area contributed by atoms with Gasteiger partial charge in [-0.25, -0.2) is 8.42 Å². The maximum absolute atomic E-state index is 13.0. The number of carbonyl (C=O) groups excluding carboxylic acids is 1. The predicted octanol–water partition coefficient (Wildman–Crippen LogP) is 4.03. The van der Waals surface area contributed by atoms with Crippen LogP contribution in [0.5, 0.6) is 11.5 Å². The van der Waals surface area contributed by atoms with Gasteiger partial charge in [-0.1, -0.05) is 18.2 Å². The molecule has 0 aliphatic rings. The van der Waals surface area contributed by atoms with E-state index in [9.17, 15) is 18.0 Å². The summed E-state index contributed by atoms with van der Waals surface area (Å²) in [5, 5.41) is 7.50. The lowest BCUT2D eigenvalue weighted by Crippen LogP contribution is -2.23. The number of benzene rings is 2. The second-order valence-corrected chi connectivity index (χ2v) is 11.6. The number of hydrogen-bond donors (Lipinski definition) is 2. The number of pyridine rings is 1. The third-order valence-corrected chi connectivity index (χ3v) is 7.72. The molecule has 3 heterocycles. The lowest BCUT2D eigenvalue weighted by molar-refractivity contribution is 0.0951. The molecular formula is C29H29N5O5S. The Bertz CT molecular complexity index is 1900. The Morgan fingerprint density at radius 3 is 2.62 bits per heavy atom. The van der Waals surface area contributed by atoms with Crippen LogP contribution in [0, 0.1) is 6.92 Å². The van der Waals surface area contributed by atoms with Crippen molar-refractivity contribution >= 4 is 26.6 Å². The number of aromatic nitrogens is 4. The second kappa shape index (κ2) is 10.5. The van der Waals surface area contributed by atoms with Crippen molar-refractivity contribution in [3.63, 3.8) is 0 Å². The molecule has 206 valence electrons. The average molecular weight is 560 g/mol. The number of amides is 1. The van der Waals surface area contributed by atoms with Gasteiger partial charge >= 0.3 is 0 Å². The fourth-order valence-corrected chi connectivity index (χ4v) is 5.28. The Morgan fingerprint density at radius 1 is 1.12 bits per heavy atom. The van der Waals surface area contributed by atoms with E-state index in [0.29, 0.717) is 41.1 Å². The van der Waals surface area contributed by atoms with Crippen LogP contribution >= 0.6 is 0 Å². The van der Waals surface area contributed by atoms with Crippen LogP contribution in [-0.4, -0.2) is 46.5 Å². The first kappa shape index (κ1) is 26.9. The van der Waals surface area contributed by atoms with Crippen LogP contribution in [0.3, 0.4) is 0 Å². The number of nitrogens with one attached hydrogen (secondary N) is 2. The van der Waals surface area contributed by atoms with Gasteiger partial charge in [0.1, 0.15) is 22.7 Å². The third-order valence-electron chi connectivity index (χ3n) is 6.61. The van der Waals surface area contributed by atoms with Gasteiger partial charge in [-0.15, -0.1) is 0 Å². The Balaban J connectivity index is 1.73. The van der Waals surface area contributed by atoms with E-state index < -0.39 is 9.84 Å². The van der Waals surface area contributed by atoms with Gasteiger partial charge in [0.05, 0.1) is 11.4 Å².